The summed E-state index contributed by atoms with van der Waals surface area (Å²) < 4.78 is 1.55. The molecule has 1 heterocycles. The number of benzene rings is 1. The van der Waals surface area contributed by atoms with Crippen molar-refractivity contribution in [2.24, 2.45) is 0 Å². The fourth-order valence-corrected chi connectivity index (χ4v) is 3.77. The van der Waals surface area contributed by atoms with Gasteiger partial charge >= 0.3 is 6.09 Å². The highest BCUT2D eigenvalue weighted by molar-refractivity contribution is 9.11. The molecule has 2 amide bonds. The van der Waals surface area contributed by atoms with E-state index < -0.39 is 6.09 Å². The summed E-state index contributed by atoms with van der Waals surface area (Å²) in [6.07, 6.45) is 0.817. The predicted molar refractivity (Wildman–Crippen MR) is 91.3 cm³/mol. The van der Waals surface area contributed by atoms with Crippen molar-refractivity contribution in [3.63, 3.8) is 0 Å². The first-order chi connectivity index (χ1) is 10.4. The van der Waals surface area contributed by atoms with Crippen molar-refractivity contribution in [3.05, 3.63) is 39.3 Å². The van der Waals surface area contributed by atoms with Crippen LogP contribution >= 0.6 is 31.9 Å². The minimum Gasteiger partial charge on any atom is -0.465 e. The molecular formula is C14H15Br2N3O3. The fourth-order valence-electron chi connectivity index (χ4n) is 2.39. The molecule has 22 heavy (non-hydrogen) atoms. The Balaban J connectivity index is 2.32. The van der Waals surface area contributed by atoms with Gasteiger partial charge in [-0.05, 0) is 28.1 Å². The third-order valence-corrected chi connectivity index (χ3v) is 4.35. The number of hydrogen-bond donors (Lipinski definition) is 3. The van der Waals surface area contributed by atoms with Gasteiger partial charge in [-0.25, -0.2) is 4.79 Å². The van der Waals surface area contributed by atoms with Gasteiger partial charge in [0.2, 0.25) is 0 Å². The molecule has 0 radical (unpaired) electrons. The molecule has 0 bridgehead atoms. The molecule has 0 aromatic heterocycles. The van der Waals surface area contributed by atoms with Crippen LogP contribution in [0.1, 0.15) is 16.8 Å². The quantitative estimate of drug-likeness (QED) is 0.624. The van der Waals surface area contributed by atoms with E-state index >= 15 is 0 Å². The van der Waals surface area contributed by atoms with Crippen LogP contribution < -0.4 is 15.5 Å². The molecule has 8 heteroatoms. The van der Waals surface area contributed by atoms with Gasteiger partial charge in [0, 0.05) is 28.5 Å². The molecule has 118 valence electrons. The van der Waals surface area contributed by atoms with E-state index in [1.807, 2.05) is 17.0 Å². The molecule has 1 unspecified atom stereocenters. The van der Waals surface area contributed by atoms with Gasteiger partial charge in [0.15, 0.2) is 0 Å². The molecule has 0 saturated heterocycles. The monoisotopic (exact) mass is 431 g/mol. The van der Waals surface area contributed by atoms with Crippen molar-refractivity contribution >= 4 is 49.5 Å². The highest BCUT2D eigenvalue weighted by atomic mass is 79.9. The first-order valence-electron chi connectivity index (χ1n) is 6.58. The molecule has 1 aromatic rings. The van der Waals surface area contributed by atoms with E-state index in [-0.39, 0.29) is 18.6 Å². The van der Waals surface area contributed by atoms with Crippen LogP contribution in [0.4, 0.5) is 10.5 Å². The van der Waals surface area contributed by atoms with Gasteiger partial charge in [-0.2, -0.15) is 0 Å². The number of anilines is 1. The van der Waals surface area contributed by atoms with E-state index in [1.165, 1.54) is 0 Å². The SMILES string of the molecule is C=CCN1c2cc(Br)cc(Br)c2C(=O)NC1CCNC(=O)O. The van der Waals surface area contributed by atoms with Crippen LogP contribution in [-0.4, -0.2) is 36.4 Å². The number of nitrogens with zero attached hydrogens (tertiary/aromatic N) is 1. The zero-order valence-corrected chi connectivity index (χ0v) is 14.8. The molecule has 2 rings (SSSR count). The van der Waals surface area contributed by atoms with Crippen LogP contribution in [0.5, 0.6) is 0 Å². The lowest BCUT2D eigenvalue weighted by molar-refractivity contribution is 0.0924. The molecule has 1 aliphatic rings. The average Bonchev–Trinajstić information content (AvgIpc) is 2.41. The van der Waals surface area contributed by atoms with Crippen molar-refractivity contribution in [3.8, 4) is 0 Å². The predicted octanol–water partition coefficient (Wildman–Crippen LogP) is 2.93. The molecule has 3 N–H and O–H groups in total. The Morgan fingerprint density at radius 1 is 1.50 bits per heavy atom. The summed E-state index contributed by atoms with van der Waals surface area (Å²) in [4.78, 5) is 24.9. The van der Waals surface area contributed by atoms with E-state index in [2.05, 4.69) is 49.1 Å². The van der Waals surface area contributed by atoms with Gasteiger partial charge in [-0.15, -0.1) is 6.58 Å². The lowest BCUT2D eigenvalue weighted by Crippen LogP contribution is -2.54. The van der Waals surface area contributed by atoms with Gasteiger partial charge in [-0.3, -0.25) is 4.79 Å². The normalized spacial score (nSPS) is 16.7. The summed E-state index contributed by atoms with van der Waals surface area (Å²) in [5.41, 5.74) is 1.35. The van der Waals surface area contributed by atoms with Gasteiger partial charge in [-0.1, -0.05) is 22.0 Å². The number of rotatable bonds is 5. The van der Waals surface area contributed by atoms with E-state index in [1.54, 1.807) is 6.08 Å². The van der Waals surface area contributed by atoms with E-state index in [0.29, 0.717) is 23.0 Å². The maximum Gasteiger partial charge on any atom is 0.404 e. The zero-order chi connectivity index (χ0) is 16.3. The summed E-state index contributed by atoms with van der Waals surface area (Å²) in [5.74, 6) is -0.185. The Bertz CT molecular complexity index is 622. The van der Waals surface area contributed by atoms with Crippen LogP contribution in [-0.2, 0) is 0 Å². The number of halogens is 2. The van der Waals surface area contributed by atoms with Gasteiger partial charge in [0.1, 0.15) is 6.17 Å². The molecule has 1 aromatic carbocycles. The molecule has 1 aliphatic heterocycles. The fraction of sp³-hybridized carbons (Fsp3) is 0.286. The number of carboxylic acid groups (broad SMARTS) is 1. The second kappa shape index (κ2) is 7.15. The van der Waals surface area contributed by atoms with E-state index in [4.69, 9.17) is 5.11 Å². The smallest absolute Gasteiger partial charge is 0.404 e. The topological polar surface area (TPSA) is 81.7 Å². The summed E-state index contributed by atoms with van der Waals surface area (Å²) in [6, 6.07) is 3.69. The standard InChI is InChI=1S/C14H15Br2N3O3/c1-2-5-19-10-7-8(15)6-9(16)12(10)13(20)18-11(19)3-4-17-14(21)22/h2,6-7,11,17H,1,3-5H2,(H,18,20)(H,21,22). The molecule has 0 spiro atoms. The largest absolute Gasteiger partial charge is 0.465 e. The van der Waals surface area contributed by atoms with Crippen molar-refractivity contribution < 1.29 is 14.7 Å². The van der Waals surface area contributed by atoms with Crippen molar-refractivity contribution in [2.75, 3.05) is 18.0 Å². The van der Waals surface area contributed by atoms with Gasteiger partial charge in [0.05, 0.1) is 11.3 Å². The molecule has 1 atom stereocenters. The minimum absolute atomic E-state index is 0.185. The summed E-state index contributed by atoms with van der Waals surface area (Å²) in [6.45, 7) is 4.53. The minimum atomic E-state index is -1.08. The van der Waals surface area contributed by atoms with Crippen LogP contribution in [0.15, 0.2) is 33.7 Å². The van der Waals surface area contributed by atoms with Gasteiger partial charge in [0.25, 0.3) is 5.91 Å². The molecule has 0 aliphatic carbocycles. The van der Waals surface area contributed by atoms with Crippen molar-refractivity contribution in [2.45, 2.75) is 12.6 Å². The number of carbonyl (C=O) groups is 2. The summed E-state index contributed by atoms with van der Waals surface area (Å²) in [7, 11) is 0. The third-order valence-electron chi connectivity index (χ3n) is 3.26. The number of amides is 2. The first kappa shape index (κ1) is 16.8. The van der Waals surface area contributed by atoms with Crippen LogP contribution in [0.3, 0.4) is 0 Å². The Morgan fingerprint density at radius 3 is 2.86 bits per heavy atom. The molecular weight excluding hydrogens is 418 g/mol. The maximum atomic E-state index is 12.3. The third kappa shape index (κ3) is 3.61. The van der Waals surface area contributed by atoms with Crippen LogP contribution in [0, 0.1) is 0 Å². The number of carbonyl (C=O) groups excluding carboxylic acids is 1. The second-order valence-electron chi connectivity index (χ2n) is 4.73. The summed E-state index contributed by atoms with van der Waals surface area (Å²) in [5, 5.41) is 13.9. The Morgan fingerprint density at radius 2 is 2.23 bits per heavy atom. The number of nitrogens with one attached hydrogen (secondary N) is 2. The highest BCUT2D eigenvalue weighted by Crippen LogP contribution is 2.35. The van der Waals surface area contributed by atoms with E-state index in [9.17, 15) is 9.59 Å². The lowest BCUT2D eigenvalue weighted by Gasteiger charge is -2.39. The van der Waals surface area contributed by atoms with Crippen LogP contribution in [0.2, 0.25) is 0 Å². The summed E-state index contributed by atoms with van der Waals surface area (Å²) >= 11 is 6.84. The van der Waals surface area contributed by atoms with Crippen LogP contribution in [0.25, 0.3) is 0 Å². The van der Waals surface area contributed by atoms with E-state index in [0.717, 1.165) is 10.2 Å². The average molecular weight is 433 g/mol. The Labute approximate surface area is 144 Å². The second-order valence-corrected chi connectivity index (χ2v) is 6.50. The zero-order valence-electron chi connectivity index (χ0n) is 11.6. The van der Waals surface area contributed by atoms with Gasteiger partial charge < -0.3 is 20.6 Å². The Kier molecular flexibility index (Phi) is 5.47. The van der Waals surface area contributed by atoms with Crippen molar-refractivity contribution in [1.29, 1.82) is 0 Å². The number of hydrogen-bond acceptors (Lipinski definition) is 3. The highest BCUT2D eigenvalue weighted by Gasteiger charge is 2.31. The van der Waals surface area contributed by atoms with Crippen molar-refractivity contribution in [1.82, 2.24) is 10.6 Å². The molecule has 0 saturated carbocycles. The Hall–Kier alpha value is -1.54. The number of fused-ring (bicyclic) bond motifs is 1. The lowest BCUT2D eigenvalue weighted by atomic mass is 10.1. The first-order valence-corrected chi connectivity index (χ1v) is 8.17. The maximum absolute atomic E-state index is 12.3. The molecule has 6 nitrogen and oxygen atoms in total. The molecule has 0 fully saturated rings.